The number of nitrogens with one attached hydrogen (secondary N) is 2. The Labute approximate surface area is 154 Å². The lowest BCUT2D eigenvalue weighted by molar-refractivity contribution is -0.116. The van der Waals surface area contributed by atoms with E-state index in [9.17, 15) is 9.59 Å². The first-order valence-electron chi connectivity index (χ1n) is 8.52. The molecule has 0 atom stereocenters. The second-order valence-corrected chi connectivity index (χ2v) is 6.19. The van der Waals surface area contributed by atoms with Crippen molar-refractivity contribution < 1.29 is 19.0 Å². The van der Waals surface area contributed by atoms with Gasteiger partial charge in [0.25, 0.3) is 5.56 Å². The molecule has 1 aliphatic heterocycles. The van der Waals surface area contributed by atoms with Crippen LogP contribution in [-0.4, -0.2) is 24.8 Å². The van der Waals surface area contributed by atoms with Crippen LogP contribution >= 0.6 is 0 Å². The minimum absolute atomic E-state index is 0.181. The van der Waals surface area contributed by atoms with Crippen molar-refractivity contribution in [2.75, 3.05) is 19.2 Å². The predicted octanol–water partition coefficient (Wildman–Crippen LogP) is 2.84. The molecule has 2 heterocycles. The molecule has 2 aromatic carbocycles. The van der Waals surface area contributed by atoms with Crippen molar-refractivity contribution in [1.29, 1.82) is 0 Å². The quantitative estimate of drug-likeness (QED) is 0.725. The van der Waals surface area contributed by atoms with E-state index >= 15 is 0 Å². The Morgan fingerprint density at radius 2 is 2.00 bits per heavy atom. The van der Waals surface area contributed by atoms with E-state index in [-0.39, 0.29) is 24.7 Å². The van der Waals surface area contributed by atoms with Crippen LogP contribution in [-0.2, 0) is 11.2 Å². The lowest BCUT2D eigenvalue weighted by atomic mass is 10.1. The zero-order chi connectivity index (χ0) is 18.8. The van der Waals surface area contributed by atoms with E-state index in [1.165, 1.54) is 0 Å². The Hall–Kier alpha value is -3.48. The zero-order valence-corrected chi connectivity index (χ0v) is 14.7. The van der Waals surface area contributed by atoms with Crippen molar-refractivity contribution >= 4 is 22.5 Å². The number of H-pyrrole nitrogens is 1. The van der Waals surface area contributed by atoms with Crippen molar-refractivity contribution in [3.05, 3.63) is 58.4 Å². The van der Waals surface area contributed by atoms with Crippen molar-refractivity contribution in [2.45, 2.75) is 12.8 Å². The highest BCUT2D eigenvalue weighted by Crippen LogP contribution is 2.34. The van der Waals surface area contributed by atoms with Gasteiger partial charge in [-0.1, -0.05) is 0 Å². The fourth-order valence-electron chi connectivity index (χ4n) is 2.99. The predicted molar refractivity (Wildman–Crippen MR) is 101 cm³/mol. The first-order chi connectivity index (χ1) is 13.1. The van der Waals surface area contributed by atoms with E-state index < -0.39 is 0 Å². The first kappa shape index (κ1) is 17.0. The van der Waals surface area contributed by atoms with Gasteiger partial charge in [0.05, 0.1) is 7.11 Å². The topological polar surface area (TPSA) is 89.7 Å². The number of methoxy groups -OCH3 is 1. The van der Waals surface area contributed by atoms with E-state index in [0.29, 0.717) is 34.9 Å². The number of fused-ring (bicyclic) bond motifs is 2. The number of anilines is 1. The minimum Gasteiger partial charge on any atom is -0.497 e. The van der Waals surface area contributed by atoms with Crippen LogP contribution in [0.5, 0.6) is 17.2 Å². The molecule has 0 radical (unpaired) electrons. The average molecular weight is 366 g/mol. The van der Waals surface area contributed by atoms with E-state index in [4.69, 9.17) is 14.2 Å². The molecule has 2 N–H and O–H groups in total. The van der Waals surface area contributed by atoms with Gasteiger partial charge in [0.1, 0.15) is 5.75 Å². The molecule has 27 heavy (non-hydrogen) atoms. The third-order valence-corrected chi connectivity index (χ3v) is 4.41. The Balaban J connectivity index is 1.45. The van der Waals surface area contributed by atoms with Crippen molar-refractivity contribution in [1.82, 2.24) is 4.98 Å². The van der Waals surface area contributed by atoms with Gasteiger partial charge in [0.2, 0.25) is 12.7 Å². The highest BCUT2D eigenvalue weighted by Gasteiger charge is 2.14. The van der Waals surface area contributed by atoms with Crippen LogP contribution in [0.4, 0.5) is 5.69 Å². The van der Waals surface area contributed by atoms with Crippen LogP contribution < -0.4 is 25.1 Å². The van der Waals surface area contributed by atoms with E-state index in [1.807, 2.05) is 6.07 Å². The number of aromatic nitrogens is 1. The number of aryl methyl sites for hydroxylation is 1. The lowest BCUT2D eigenvalue weighted by Gasteiger charge is -2.07. The van der Waals surface area contributed by atoms with Gasteiger partial charge >= 0.3 is 0 Å². The summed E-state index contributed by atoms with van der Waals surface area (Å²) < 4.78 is 15.8. The Bertz CT molecular complexity index is 1070. The van der Waals surface area contributed by atoms with Crippen LogP contribution in [0.15, 0.2) is 47.3 Å². The molecular weight excluding hydrogens is 348 g/mol. The fourth-order valence-corrected chi connectivity index (χ4v) is 2.99. The number of aromatic amines is 1. The van der Waals surface area contributed by atoms with Gasteiger partial charge in [-0.25, -0.2) is 0 Å². The van der Waals surface area contributed by atoms with Gasteiger partial charge in [-0.3, -0.25) is 9.59 Å². The summed E-state index contributed by atoms with van der Waals surface area (Å²) in [5.41, 5.74) is 1.72. The summed E-state index contributed by atoms with van der Waals surface area (Å²) in [6.07, 6.45) is 0.520. The molecule has 1 aromatic heterocycles. The van der Waals surface area contributed by atoms with Crippen LogP contribution in [0.1, 0.15) is 12.0 Å². The largest absolute Gasteiger partial charge is 0.497 e. The number of carbonyl (C=O) groups excluding carboxylic acids is 1. The fraction of sp³-hybridized carbons (Fsp3) is 0.200. The number of amides is 1. The number of ether oxygens (including phenoxy) is 3. The summed E-state index contributed by atoms with van der Waals surface area (Å²) in [6.45, 7) is 0.183. The molecule has 0 spiro atoms. The SMILES string of the molecule is COc1ccc2[nH]c(=O)c(CCC(=O)Nc3ccc4c(c3)OCO4)cc2c1. The standard InChI is InChI=1S/C20H18N2O5/c1-25-15-4-5-16-13(9-15)8-12(20(24)22-16)2-7-19(23)21-14-3-6-17-18(10-14)27-11-26-17/h3-6,8-10H,2,7,11H2,1H3,(H,21,23)(H,22,24). The average Bonchev–Trinajstić information content (AvgIpc) is 3.13. The van der Waals surface area contributed by atoms with Crippen molar-refractivity contribution in [2.24, 2.45) is 0 Å². The lowest BCUT2D eigenvalue weighted by Crippen LogP contribution is -2.17. The molecule has 0 saturated carbocycles. The molecule has 3 aromatic rings. The van der Waals surface area contributed by atoms with E-state index in [1.54, 1.807) is 43.5 Å². The number of carbonyl (C=O) groups is 1. The molecule has 0 aliphatic carbocycles. The molecule has 0 saturated heterocycles. The van der Waals surface area contributed by atoms with E-state index in [2.05, 4.69) is 10.3 Å². The van der Waals surface area contributed by atoms with Crippen LogP contribution in [0.3, 0.4) is 0 Å². The zero-order valence-electron chi connectivity index (χ0n) is 14.7. The summed E-state index contributed by atoms with van der Waals surface area (Å²) in [5.74, 6) is 1.79. The highest BCUT2D eigenvalue weighted by molar-refractivity contribution is 5.91. The number of hydrogen-bond donors (Lipinski definition) is 2. The van der Waals surface area contributed by atoms with Crippen molar-refractivity contribution in [3.8, 4) is 17.2 Å². The second-order valence-electron chi connectivity index (χ2n) is 6.19. The molecule has 7 nitrogen and oxygen atoms in total. The maximum atomic E-state index is 12.2. The van der Waals surface area contributed by atoms with Crippen molar-refractivity contribution in [3.63, 3.8) is 0 Å². The molecule has 0 bridgehead atoms. The number of benzene rings is 2. The first-order valence-corrected chi connectivity index (χ1v) is 8.52. The van der Waals surface area contributed by atoms with Gasteiger partial charge in [-0.2, -0.15) is 0 Å². The monoisotopic (exact) mass is 366 g/mol. The summed E-state index contributed by atoms with van der Waals surface area (Å²) >= 11 is 0. The summed E-state index contributed by atoms with van der Waals surface area (Å²) in [7, 11) is 1.59. The molecule has 1 aliphatic rings. The summed E-state index contributed by atoms with van der Waals surface area (Å²) in [4.78, 5) is 27.3. The minimum atomic E-state index is -0.191. The smallest absolute Gasteiger partial charge is 0.251 e. The highest BCUT2D eigenvalue weighted by atomic mass is 16.7. The normalized spacial score (nSPS) is 12.2. The maximum Gasteiger partial charge on any atom is 0.251 e. The Kier molecular flexibility index (Phi) is 4.42. The third kappa shape index (κ3) is 3.57. The van der Waals surface area contributed by atoms with Crippen LogP contribution in [0.2, 0.25) is 0 Å². The molecule has 1 amide bonds. The summed E-state index contributed by atoms with van der Waals surface area (Å²) in [6, 6.07) is 12.4. The number of rotatable bonds is 5. The maximum absolute atomic E-state index is 12.2. The molecule has 4 rings (SSSR count). The second kappa shape index (κ2) is 7.03. The third-order valence-electron chi connectivity index (χ3n) is 4.41. The molecule has 0 unspecified atom stereocenters. The number of pyridine rings is 1. The molecular formula is C20H18N2O5. The molecule has 138 valence electrons. The number of hydrogen-bond acceptors (Lipinski definition) is 5. The van der Waals surface area contributed by atoms with Gasteiger partial charge in [0, 0.05) is 34.6 Å². The van der Waals surface area contributed by atoms with Gasteiger partial charge in [0.15, 0.2) is 11.5 Å². The Morgan fingerprint density at radius 3 is 2.85 bits per heavy atom. The van der Waals surface area contributed by atoms with E-state index in [0.717, 1.165) is 10.9 Å². The Morgan fingerprint density at radius 1 is 1.15 bits per heavy atom. The van der Waals surface area contributed by atoms with Gasteiger partial charge in [-0.15, -0.1) is 0 Å². The van der Waals surface area contributed by atoms with Crippen LogP contribution in [0, 0.1) is 0 Å². The van der Waals surface area contributed by atoms with Gasteiger partial charge < -0.3 is 24.5 Å². The summed E-state index contributed by atoms with van der Waals surface area (Å²) in [5, 5.41) is 3.67. The molecule has 7 heteroatoms. The van der Waals surface area contributed by atoms with Crippen LogP contribution in [0.25, 0.3) is 10.9 Å². The molecule has 0 fully saturated rings. The van der Waals surface area contributed by atoms with Gasteiger partial charge in [-0.05, 0) is 42.8 Å².